The lowest BCUT2D eigenvalue weighted by molar-refractivity contribution is -0.143. The van der Waals surface area contributed by atoms with Crippen molar-refractivity contribution < 1.29 is 23.9 Å². The lowest BCUT2D eigenvalue weighted by Crippen LogP contribution is -2.41. The maximum Gasteiger partial charge on any atom is 0.407 e. The molecule has 2 amide bonds. The van der Waals surface area contributed by atoms with Crippen LogP contribution in [0.25, 0.3) is 0 Å². The predicted octanol–water partition coefficient (Wildman–Crippen LogP) is 2.23. The van der Waals surface area contributed by atoms with Crippen molar-refractivity contribution in [3.8, 4) is 0 Å². The highest BCUT2D eigenvalue weighted by Gasteiger charge is 2.18. The number of carbonyl (C=O) groups is 3. The molecule has 0 aliphatic heterocycles. The van der Waals surface area contributed by atoms with Crippen LogP contribution in [0.3, 0.4) is 0 Å². The number of nitrogens with zero attached hydrogens (tertiary/aromatic N) is 1. The van der Waals surface area contributed by atoms with Crippen molar-refractivity contribution in [1.82, 2.24) is 15.6 Å². The Hall–Kier alpha value is -2.35. The van der Waals surface area contributed by atoms with Crippen LogP contribution >= 0.6 is 11.6 Å². The van der Waals surface area contributed by atoms with E-state index < -0.39 is 29.6 Å². The molecule has 144 valence electrons. The van der Waals surface area contributed by atoms with Gasteiger partial charge in [-0.3, -0.25) is 9.59 Å². The van der Waals surface area contributed by atoms with Crippen LogP contribution in [-0.2, 0) is 14.3 Å². The first-order valence-corrected chi connectivity index (χ1v) is 8.41. The highest BCUT2D eigenvalue weighted by Crippen LogP contribution is 2.11. The van der Waals surface area contributed by atoms with E-state index in [1.807, 2.05) is 0 Å². The molecule has 0 saturated carbocycles. The number of ether oxygens (including phenoxy) is 2. The van der Waals surface area contributed by atoms with Crippen molar-refractivity contribution in [3.05, 3.63) is 28.5 Å². The molecular formula is C17H24ClN3O5. The highest BCUT2D eigenvalue weighted by molar-refractivity contribution is 6.29. The van der Waals surface area contributed by atoms with Gasteiger partial charge in [0.15, 0.2) is 0 Å². The average molecular weight is 386 g/mol. The van der Waals surface area contributed by atoms with Crippen LogP contribution in [0.4, 0.5) is 4.79 Å². The molecule has 0 aliphatic rings. The van der Waals surface area contributed by atoms with Crippen molar-refractivity contribution in [1.29, 1.82) is 0 Å². The van der Waals surface area contributed by atoms with Gasteiger partial charge >= 0.3 is 12.1 Å². The second-order valence-electron chi connectivity index (χ2n) is 6.73. The zero-order valence-corrected chi connectivity index (χ0v) is 16.3. The first kappa shape index (κ1) is 21.7. The number of esters is 1. The number of pyridine rings is 1. The zero-order chi connectivity index (χ0) is 19.9. The molecule has 0 spiro atoms. The fourth-order valence-electron chi connectivity index (χ4n) is 1.83. The SMILES string of the molecule is Cc1cc(Cl)ncc1C(=O)NCC(=O)OCC(C)NC(=O)OC(C)(C)C. The van der Waals surface area contributed by atoms with Gasteiger partial charge in [0.05, 0.1) is 11.6 Å². The number of carbonyl (C=O) groups excluding carboxylic acids is 3. The van der Waals surface area contributed by atoms with E-state index in [9.17, 15) is 14.4 Å². The van der Waals surface area contributed by atoms with E-state index in [1.54, 1.807) is 40.7 Å². The molecule has 1 rings (SSSR count). The third kappa shape index (κ3) is 8.15. The van der Waals surface area contributed by atoms with Gasteiger partial charge in [0.1, 0.15) is 23.9 Å². The summed E-state index contributed by atoms with van der Waals surface area (Å²) in [5.74, 6) is -1.08. The molecule has 0 radical (unpaired) electrons. The van der Waals surface area contributed by atoms with Crippen molar-refractivity contribution in [2.24, 2.45) is 0 Å². The van der Waals surface area contributed by atoms with Gasteiger partial charge < -0.3 is 20.1 Å². The number of amides is 2. The molecule has 9 heteroatoms. The van der Waals surface area contributed by atoms with E-state index >= 15 is 0 Å². The number of halogens is 1. The van der Waals surface area contributed by atoms with Gasteiger partial charge in [-0.05, 0) is 46.2 Å². The second kappa shape index (κ2) is 9.38. The van der Waals surface area contributed by atoms with Crippen LogP contribution in [0.5, 0.6) is 0 Å². The Morgan fingerprint density at radius 1 is 1.31 bits per heavy atom. The lowest BCUT2D eigenvalue weighted by Gasteiger charge is -2.21. The number of nitrogens with one attached hydrogen (secondary N) is 2. The standard InChI is InChI=1S/C17H24ClN3O5/c1-10-6-13(18)19-7-12(10)15(23)20-8-14(22)25-9-11(2)21-16(24)26-17(3,4)5/h6-7,11H,8-9H2,1-5H3,(H,20,23)(H,21,24). The van der Waals surface area contributed by atoms with E-state index in [2.05, 4.69) is 15.6 Å². The minimum absolute atomic E-state index is 0.0462. The second-order valence-corrected chi connectivity index (χ2v) is 7.12. The summed E-state index contributed by atoms with van der Waals surface area (Å²) in [5.41, 5.74) is 0.354. The lowest BCUT2D eigenvalue weighted by atomic mass is 10.1. The number of hydrogen-bond acceptors (Lipinski definition) is 6. The maximum absolute atomic E-state index is 12.0. The van der Waals surface area contributed by atoms with Crippen LogP contribution < -0.4 is 10.6 Å². The summed E-state index contributed by atoms with van der Waals surface area (Å²) in [6, 6.07) is 1.12. The first-order valence-electron chi connectivity index (χ1n) is 8.03. The Morgan fingerprint density at radius 3 is 2.54 bits per heavy atom. The fraction of sp³-hybridized carbons (Fsp3) is 0.529. The van der Waals surface area contributed by atoms with Crippen LogP contribution in [0.1, 0.15) is 43.6 Å². The normalized spacial score (nSPS) is 12.1. The van der Waals surface area contributed by atoms with Crippen molar-refractivity contribution >= 4 is 29.6 Å². The van der Waals surface area contributed by atoms with E-state index in [0.717, 1.165) is 0 Å². The molecule has 1 heterocycles. The number of rotatable bonds is 6. The van der Waals surface area contributed by atoms with Gasteiger partial charge in [0, 0.05) is 6.20 Å². The minimum atomic E-state index is -0.629. The number of alkyl carbamates (subject to hydrolysis) is 1. The molecule has 0 saturated heterocycles. The number of aryl methyl sites for hydroxylation is 1. The van der Waals surface area contributed by atoms with Gasteiger partial charge in [-0.15, -0.1) is 0 Å². The average Bonchev–Trinajstić information content (AvgIpc) is 2.48. The summed E-state index contributed by atoms with van der Waals surface area (Å²) in [4.78, 5) is 39.2. The molecule has 0 aromatic carbocycles. The quantitative estimate of drug-likeness (QED) is 0.574. The van der Waals surface area contributed by atoms with Gasteiger partial charge in [-0.2, -0.15) is 0 Å². The monoisotopic (exact) mass is 385 g/mol. The molecule has 1 aromatic heterocycles. The third-order valence-corrected chi connectivity index (χ3v) is 3.18. The number of aromatic nitrogens is 1. The molecule has 1 atom stereocenters. The molecule has 1 aromatic rings. The summed E-state index contributed by atoms with van der Waals surface area (Å²) in [6.07, 6.45) is 0.741. The third-order valence-electron chi connectivity index (χ3n) is 2.97. The van der Waals surface area contributed by atoms with Crippen molar-refractivity contribution in [3.63, 3.8) is 0 Å². The number of hydrogen-bond donors (Lipinski definition) is 2. The van der Waals surface area contributed by atoms with Crippen molar-refractivity contribution in [2.45, 2.75) is 46.3 Å². The zero-order valence-electron chi connectivity index (χ0n) is 15.5. The Morgan fingerprint density at radius 2 is 1.96 bits per heavy atom. The van der Waals surface area contributed by atoms with E-state index in [-0.39, 0.29) is 18.3 Å². The minimum Gasteiger partial charge on any atom is -0.462 e. The van der Waals surface area contributed by atoms with E-state index in [0.29, 0.717) is 11.1 Å². The smallest absolute Gasteiger partial charge is 0.407 e. The highest BCUT2D eigenvalue weighted by atomic mass is 35.5. The first-order chi connectivity index (χ1) is 12.0. The molecule has 8 nitrogen and oxygen atoms in total. The Labute approximate surface area is 157 Å². The Kier molecular flexibility index (Phi) is 7.82. The van der Waals surface area contributed by atoms with E-state index in [1.165, 1.54) is 6.20 Å². The predicted molar refractivity (Wildman–Crippen MR) is 96.1 cm³/mol. The molecule has 0 aliphatic carbocycles. The van der Waals surface area contributed by atoms with Gasteiger partial charge in [-0.25, -0.2) is 9.78 Å². The summed E-state index contributed by atoms with van der Waals surface area (Å²) < 4.78 is 10.1. The molecule has 2 N–H and O–H groups in total. The summed E-state index contributed by atoms with van der Waals surface area (Å²) in [7, 11) is 0. The molecule has 26 heavy (non-hydrogen) atoms. The van der Waals surface area contributed by atoms with Gasteiger partial charge in [0.2, 0.25) is 0 Å². The molecular weight excluding hydrogens is 362 g/mol. The largest absolute Gasteiger partial charge is 0.462 e. The van der Waals surface area contributed by atoms with Crippen LogP contribution in [0.2, 0.25) is 5.15 Å². The molecule has 1 unspecified atom stereocenters. The Bertz CT molecular complexity index is 673. The Balaban J connectivity index is 2.36. The maximum atomic E-state index is 12.0. The summed E-state index contributed by atoms with van der Waals surface area (Å²) in [6.45, 7) is 8.27. The molecule has 0 bridgehead atoms. The van der Waals surface area contributed by atoms with Crippen LogP contribution in [0, 0.1) is 6.92 Å². The van der Waals surface area contributed by atoms with Gasteiger partial charge in [-0.1, -0.05) is 11.6 Å². The van der Waals surface area contributed by atoms with Gasteiger partial charge in [0.25, 0.3) is 5.91 Å². The van der Waals surface area contributed by atoms with E-state index in [4.69, 9.17) is 21.1 Å². The van der Waals surface area contributed by atoms with Crippen molar-refractivity contribution in [2.75, 3.05) is 13.2 Å². The summed E-state index contributed by atoms with van der Waals surface area (Å²) in [5, 5.41) is 5.28. The fourth-order valence-corrected chi connectivity index (χ4v) is 2.04. The topological polar surface area (TPSA) is 107 Å². The molecule has 0 fully saturated rings. The summed E-state index contributed by atoms with van der Waals surface area (Å²) >= 11 is 5.74. The van der Waals surface area contributed by atoms with Crippen LogP contribution in [0.15, 0.2) is 12.3 Å². The van der Waals surface area contributed by atoms with Crippen LogP contribution in [-0.4, -0.2) is 47.7 Å².